The predicted molar refractivity (Wildman–Crippen MR) is 85.0 cm³/mol. The van der Waals surface area contributed by atoms with Crippen molar-refractivity contribution in [1.82, 2.24) is 20.0 Å². The molecule has 3 aromatic rings. The molecule has 0 aliphatic heterocycles. The minimum Gasteiger partial charge on any atom is -0.437 e. The zero-order valence-electron chi connectivity index (χ0n) is 12.1. The van der Waals surface area contributed by atoms with Crippen molar-refractivity contribution in [3.63, 3.8) is 0 Å². The lowest BCUT2D eigenvalue weighted by Crippen LogP contribution is -2.01. The average Bonchev–Trinajstić information content (AvgIpc) is 3.29. The molecule has 2 aromatic heterocycles. The lowest BCUT2D eigenvalue weighted by Gasteiger charge is -2.07. The monoisotopic (exact) mass is 328 g/mol. The van der Waals surface area contributed by atoms with Gasteiger partial charge >= 0.3 is 0 Å². The smallest absolute Gasteiger partial charge is 0.219 e. The molecule has 1 aliphatic carbocycles. The lowest BCUT2D eigenvalue weighted by molar-refractivity contribution is 0.112. The van der Waals surface area contributed by atoms with E-state index in [4.69, 9.17) is 16.3 Å². The summed E-state index contributed by atoms with van der Waals surface area (Å²) in [7, 11) is 0. The largest absolute Gasteiger partial charge is 0.437 e. The average molecular weight is 329 g/mol. The fraction of sp³-hybridized carbons (Fsp3) is 0.250. The van der Waals surface area contributed by atoms with Crippen LogP contribution in [0.25, 0.3) is 11.0 Å². The highest BCUT2D eigenvalue weighted by Crippen LogP contribution is 2.36. The van der Waals surface area contributed by atoms with Gasteiger partial charge in [-0.2, -0.15) is 0 Å². The molecule has 116 valence electrons. The van der Waals surface area contributed by atoms with Crippen LogP contribution in [0.1, 0.15) is 23.2 Å². The maximum Gasteiger partial charge on any atom is 0.219 e. The van der Waals surface area contributed by atoms with Gasteiger partial charge in [0.05, 0.1) is 5.52 Å². The molecule has 7 heteroatoms. The van der Waals surface area contributed by atoms with Crippen LogP contribution in [0, 0.1) is 5.92 Å². The molecular weight excluding hydrogens is 316 g/mol. The first-order chi connectivity index (χ1) is 11.2. The van der Waals surface area contributed by atoms with E-state index in [1.54, 1.807) is 18.2 Å². The number of halogens is 1. The molecule has 6 nitrogen and oxygen atoms in total. The molecule has 0 amide bonds. The van der Waals surface area contributed by atoms with Crippen LogP contribution in [0.4, 0.5) is 0 Å². The fourth-order valence-electron chi connectivity index (χ4n) is 2.41. The Morgan fingerprint density at radius 2 is 2.22 bits per heavy atom. The highest BCUT2D eigenvalue weighted by molar-refractivity contribution is 6.36. The van der Waals surface area contributed by atoms with Gasteiger partial charge in [-0.25, -0.2) is 9.67 Å². The number of ether oxygens (including phenoxy) is 1. The predicted octanol–water partition coefficient (Wildman–Crippen LogP) is 3.49. The first-order valence-corrected chi connectivity index (χ1v) is 7.73. The summed E-state index contributed by atoms with van der Waals surface area (Å²) in [6, 6.07) is 6.82. The topological polar surface area (TPSA) is 69.9 Å². The highest BCUT2D eigenvalue weighted by Gasteiger charge is 2.24. The normalized spacial score (nSPS) is 14.1. The van der Waals surface area contributed by atoms with Gasteiger partial charge in [-0.15, -0.1) is 5.10 Å². The molecule has 0 radical (unpaired) electrons. The van der Waals surface area contributed by atoms with Gasteiger partial charge in [0, 0.05) is 24.4 Å². The maximum absolute atomic E-state index is 10.8. The summed E-state index contributed by atoms with van der Waals surface area (Å²) in [5.41, 5.74) is 1.99. The summed E-state index contributed by atoms with van der Waals surface area (Å²) in [6.07, 6.45) is 4.74. The van der Waals surface area contributed by atoms with Crippen molar-refractivity contribution < 1.29 is 9.53 Å². The molecule has 1 aromatic carbocycles. The zero-order valence-corrected chi connectivity index (χ0v) is 12.9. The molecule has 1 aliphatic rings. The summed E-state index contributed by atoms with van der Waals surface area (Å²) < 4.78 is 7.57. The molecule has 4 rings (SSSR count). The molecule has 2 heterocycles. The second-order valence-corrected chi connectivity index (χ2v) is 5.99. The summed E-state index contributed by atoms with van der Waals surface area (Å²) in [4.78, 5) is 14.9. The van der Waals surface area contributed by atoms with E-state index in [1.165, 1.54) is 19.0 Å². The minimum atomic E-state index is 0.307. The van der Waals surface area contributed by atoms with Crippen molar-refractivity contribution in [3.05, 3.63) is 41.0 Å². The molecule has 0 saturated heterocycles. The molecule has 23 heavy (non-hydrogen) atoms. The molecule has 0 atom stereocenters. The lowest BCUT2D eigenvalue weighted by atomic mass is 10.2. The number of aromatic nitrogens is 4. The van der Waals surface area contributed by atoms with Crippen molar-refractivity contribution in [2.45, 2.75) is 19.4 Å². The first-order valence-electron chi connectivity index (χ1n) is 7.35. The van der Waals surface area contributed by atoms with E-state index in [0.29, 0.717) is 33.7 Å². The molecule has 0 spiro atoms. The Morgan fingerprint density at radius 1 is 1.35 bits per heavy atom. The third kappa shape index (κ3) is 2.77. The number of fused-ring (bicyclic) bond motifs is 1. The van der Waals surface area contributed by atoms with Crippen LogP contribution in [-0.2, 0) is 6.54 Å². The second-order valence-electron chi connectivity index (χ2n) is 5.61. The second kappa shape index (κ2) is 5.62. The van der Waals surface area contributed by atoms with Crippen molar-refractivity contribution in [3.8, 4) is 11.6 Å². The Hall–Kier alpha value is -2.47. The van der Waals surface area contributed by atoms with Crippen molar-refractivity contribution in [1.29, 1.82) is 0 Å². The van der Waals surface area contributed by atoms with Gasteiger partial charge in [0.2, 0.25) is 5.88 Å². The van der Waals surface area contributed by atoms with Crippen molar-refractivity contribution in [2.24, 2.45) is 5.92 Å². The van der Waals surface area contributed by atoms with Crippen molar-refractivity contribution >= 4 is 28.9 Å². The van der Waals surface area contributed by atoms with Crippen molar-refractivity contribution in [2.75, 3.05) is 0 Å². The van der Waals surface area contributed by atoms with E-state index in [0.717, 1.165) is 18.3 Å². The van der Waals surface area contributed by atoms with Crippen LogP contribution in [0.3, 0.4) is 0 Å². The zero-order chi connectivity index (χ0) is 15.8. The van der Waals surface area contributed by atoms with Gasteiger partial charge in [0.25, 0.3) is 0 Å². The number of rotatable bonds is 5. The molecule has 0 N–H and O–H groups in total. The molecule has 0 unspecified atom stereocenters. The fourth-order valence-corrected chi connectivity index (χ4v) is 2.65. The number of aldehydes is 1. The van der Waals surface area contributed by atoms with Gasteiger partial charge < -0.3 is 4.74 Å². The van der Waals surface area contributed by atoms with E-state index < -0.39 is 0 Å². The Balaban J connectivity index is 1.67. The van der Waals surface area contributed by atoms with E-state index in [9.17, 15) is 4.79 Å². The van der Waals surface area contributed by atoms with Crippen LogP contribution in [0.5, 0.6) is 11.6 Å². The molecule has 1 saturated carbocycles. The van der Waals surface area contributed by atoms with E-state index in [-0.39, 0.29) is 0 Å². The number of pyridine rings is 1. The summed E-state index contributed by atoms with van der Waals surface area (Å²) in [6.45, 7) is 0.871. The first kappa shape index (κ1) is 14.1. The molecular formula is C16H13ClN4O2. The Kier molecular flexibility index (Phi) is 3.46. The SMILES string of the molecule is O=Cc1ccnc(Oc2ccc3c(nnn3CC3CC3)c2Cl)c1. The molecule has 1 fully saturated rings. The number of hydrogen-bond acceptors (Lipinski definition) is 5. The van der Waals surface area contributed by atoms with Gasteiger partial charge in [0.1, 0.15) is 16.8 Å². The van der Waals surface area contributed by atoms with E-state index in [2.05, 4.69) is 15.3 Å². The van der Waals surface area contributed by atoms with Gasteiger partial charge in [-0.05, 0) is 37.0 Å². The summed E-state index contributed by atoms with van der Waals surface area (Å²) in [5, 5.41) is 8.73. The third-order valence-corrected chi connectivity index (χ3v) is 4.19. The van der Waals surface area contributed by atoms with Gasteiger partial charge in [0.15, 0.2) is 5.75 Å². The number of nitrogens with zero attached hydrogens (tertiary/aromatic N) is 4. The number of hydrogen-bond donors (Lipinski definition) is 0. The number of carbonyl (C=O) groups excluding carboxylic acids is 1. The summed E-state index contributed by atoms with van der Waals surface area (Å²) >= 11 is 6.39. The third-order valence-electron chi connectivity index (χ3n) is 3.83. The van der Waals surface area contributed by atoms with Gasteiger partial charge in [-0.1, -0.05) is 16.8 Å². The number of benzene rings is 1. The Morgan fingerprint density at radius 3 is 3.00 bits per heavy atom. The molecule has 0 bridgehead atoms. The Labute approximate surface area is 137 Å². The van der Waals surface area contributed by atoms with Gasteiger partial charge in [-0.3, -0.25) is 4.79 Å². The van der Waals surface area contributed by atoms with Crippen LogP contribution in [0.15, 0.2) is 30.5 Å². The van der Waals surface area contributed by atoms with Crippen LogP contribution < -0.4 is 4.74 Å². The summed E-state index contributed by atoms with van der Waals surface area (Å²) in [5.74, 6) is 1.44. The minimum absolute atomic E-state index is 0.307. The highest BCUT2D eigenvalue weighted by atomic mass is 35.5. The van der Waals surface area contributed by atoms with Crippen LogP contribution in [0.2, 0.25) is 5.02 Å². The number of carbonyl (C=O) groups is 1. The van der Waals surface area contributed by atoms with E-state index in [1.807, 2.05) is 10.7 Å². The van der Waals surface area contributed by atoms with Crippen LogP contribution in [-0.4, -0.2) is 26.3 Å². The Bertz CT molecular complexity index is 889. The standard InChI is InChI=1S/C16H13ClN4O2/c17-15-13(23-14-7-11(9-22)5-6-18-14)4-3-12-16(15)19-20-21(12)8-10-1-2-10/h3-7,9-10H,1-2,8H2. The quantitative estimate of drug-likeness (QED) is 0.670. The van der Waals surface area contributed by atoms with Crippen LogP contribution >= 0.6 is 11.6 Å². The van der Waals surface area contributed by atoms with E-state index >= 15 is 0 Å². The maximum atomic E-state index is 10.8.